The Morgan fingerprint density at radius 1 is 0.857 bits per heavy atom. The Morgan fingerprint density at radius 3 is 1.93 bits per heavy atom. The van der Waals surface area contributed by atoms with Crippen molar-refractivity contribution in [1.82, 2.24) is 5.32 Å². The number of hydrogen-bond donors (Lipinski definition) is 2. The SMILES string of the molecule is CCOc1ccc(Oc2ccc(NC(=O)CNC(=O)CC(C)(C)C)cc2)cc1. The smallest absolute Gasteiger partial charge is 0.243 e. The summed E-state index contributed by atoms with van der Waals surface area (Å²) in [6.45, 7) is 8.43. The second-order valence-electron chi connectivity index (χ2n) is 7.59. The van der Waals surface area contributed by atoms with Crippen LogP contribution >= 0.6 is 0 Å². The van der Waals surface area contributed by atoms with Crippen molar-refractivity contribution in [3.8, 4) is 17.2 Å². The topological polar surface area (TPSA) is 76.7 Å². The lowest BCUT2D eigenvalue weighted by molar-refractivity contribution is -0.125. The van der Waals surface area contributed by atoms with Crippen LogP contribution in [0.15, 0.2) is 48.5 Å². The van der Waals surface area contributed by atoms with Gasteiger partial charge in [-0.25, -0.2) is 0 Å². The fourth-order valence-electron chi connectivity index (χ4n) is 2.44. The van der Waals surface area contributed by atoms with Gasteiger partial charge in [-0.05, 0) is 60.9 Å². The van der Waals surface area contributed by atoms with Gasteiger partial charge in [0.05, 0.1) is 13.2 Å². The first-order valence-electron chi connectivity index (χ1n) is 9.32. The van der Waals surface area contributed by atoms with Crippen molar-refractivity contribution in [2.24, 2.45) is 5.41 Å². The molecule has 28 heavy (non-hydrogen) atoms. The first-order chi connectivity index (χ1) is 13.2. The van der Waals surface area contributed by atoms with E-state index in [9.17, 15) is 9.59 Å². The van der Waals surface area contributed by atoms with Crippen LogP contribution in [0.5, 0.6) is 17.2 Å². The Hall–Kier alpha value is -3.02. The molecule has 150 valence electrons. The zero-order chi connectivity index (χ0) is 20.6. The first kappa shape index (κ1) is 21.3. The predicted octanol–water partition coefficient (Wildman–Crippen LogP) is 4.37. The summed E-state index contributed by atoms with van der Waals surface area (Å²) in [6.07, 6.45) is 0.373. The summed E-state index contributed by atoms with van der Waals surface area (Å²) < 4.78 is 11.2. The molecule has 2 amide bonds. The highest BCUT2D eigenvalue weighted by Gasteiger charge is 2.16. The Bertz CT molecular complexity index is 778. The molecule has 0 aliphatic heterocycles. The summed E-state index contributed by atoms with van der Waals surface area (Å²) in [5.74, 6) is 1.73. The van der Waals surface area contributed by atoms with Gasteiger partial charge in [0, 0.05) is 12.1 Å². The van der Waals surface area contributed by atoms with Gasteiger partial charge in [-0.15, -0.1) is 0 Å². The fraction of sp³-hybridized carbons (Fsp3) is 0.364. The third-order valence-electron chi connectivity index (χ3n) is 3.65. The molecule has 2 rings (SSSR count). The summed E-state index contributed by atoms with van der Waals surface area (Å²) in [5, 5.41) is 5.38. The Labute approximate surface area is 166 Å². The van der Waals surface area contributed by atoms with Crippen LogP contribution in [0.4, 0.5) is 5.69 Å². The standard InChI is InChI=1S/C22H28N2O4/c1-5-27-17-10-12-19(13-11-17)28-18-8-6-16(7-9-18)24-21(26)15-23-20(25)14-22(2,3)4/h6-13H,5,14-15H2,1-4H3,(H,23,25)(H,24,26). The summed E-state index contributed by atoms with van der Waals surface area (Å²) in [5.41, 5.74) is 0.522. The zero-order valence-corrected chi connectivity index (χ0v) is 16.9. The van der Waals surface area contributed by atoms with Crippen LogP contribution in [-0.2, 0) is 9.59 Å². The van der Waals surface area contributed by atoms with E-state index in [4.69, 9.17) is 9.47 Å². The van der Waals surface area contributed by atoms with Gasteiger partial charge in [-0.2, -0.15) is 0 Å². The van der Waals surface area contributed by atoms with E-state index in [2.05, 4.69) is 10.6 Å². The molecule has 6 heteroatoms. The van der Waals surface area contributed by atoms with Crippen LogP contribution in [0, 0.1) is 5.41 Å². The lowest BCUT2D eigenvalue weighted by Crippen LogP contribution is -2.34. The summed E-state index contributed by atoms with van der Waals surface area (Å²) in [4.78, 5) is 23.8. The van der Waals surface area contributed by atoms with Crippen molar-refractivity contribution in [2.75, 3.05) is 18.5 Å². The molecule has 6 nitrogen and oxygen atoms in total. The minimum atomic E-state index is -0.276. The van der Waals surface area contributed by atoms with Gasteiger partial charge in [0.2, 0.25) is 11.8 Å². The molecular formula is C22H28N2O4. The summed E-state index contributed by atoms with van der Waals surface area (Å²) in [7, 11) is 0. The molecule has 0 radical (unpaired) electrons. The highest BCUT2D eigenvalue weighted by Crippen LogP contribution is 2.25. The molecule has 0 aliphatic rings. The predicted molar refractivity (Wildman–Crippen MR) is 110 cm³/mol. The number of amides is 2. The minimum absolute atomic E-state index is 0.0562. The van der Waals surface area contributed by atoms with E-state index in [-0.39, 0.29) is 23.8 Å². The fourth-order valence-corrected chi connectivity index (χ4v) is 2.44. The second kappa shape index (κ2) is 9.78. The van der Waals surface area contributed by atoms with E-state index < -0.39 is 0 Å². The number of carbonyl (C=O) groups excluding carboxylic acids is 2. The monoisotopic (exact) mass is 384 g/mol. The molecule has 2 N–H and O–H groups in total. The number of hydrogen-bond acceptors (Lipinski definition) is 4. The zero-order valence-electron chi connectivity index (χ0n) is 16.9. The summed E-state index contributed by atoms with van der Waals surface area (Å²) in [6, 6.07) is 14.4. The third-order valence-corrected chi connectivity index (χ3v) is 3.65. The molecule has 0 saturated carbocycles. The van der Waals surface area contributed by atoms with E-state index >= 15 is 0 Å². The molecular weight excluding hydrogens is 356 g/mol. The highest BCUT2D eigenvalue weighted by molar-refractivity contribution is 5.94. The summed E-state index contributed by atoms with van der Waals surface area (Å²) >= 11 is 0. The van der Waals surface area contributed by atoms with Crippen molar-refractivity contribution in [2.45, 2.75) is 34.1 Å². The van der Waals surface area contributed by atoms with Gasteiger partial charge in [-0.1, -0.05) is 20.8 Å². The van der Waals surface area contributed by atoms with Gasteiger partial charge in [0.25, 0.3) is 0 Å². The van der Waals surface area contributed by atoms with Crippen LogP contribution in [-0.4, -0.2) is 25.0 Å². The van der Waals surface area contributed by atoms with Crippen molar-refractivity contribution in [1.29, 1.82) is 0 Å². The van der Waals surface area contributed by atoms with Crippen LogP contribution in [0.2, 0.25) is 0 Å². The molecule has 0 atom stereocenters. The van der Waals surface area contributed by atoms with Crippen molar-refractivity contribution in [3.05, 3.63) is 48.5 Å². The molecule has 0 unspecified atom stereocenters. The largest absolute Gasteiger partial charge is 0.494 e. The number of carbonyl (C=O) groups is 2. The maximum absolute atomic E-state index is 12.0. The molecule has 2 aromatic carbocycles. The van der Waals surface area contributed by atoms with Gasteiger partial charge < -0.3 is 20.1 Å². The second-order valence-corrected chi connectivity index (χ2v) is 7.59. The molecule has 0 spiro atoms. The first-order valence-corrected chi connectivity index (χ1v) is 9.32. The van der Waals surface area contributed by atoms with E-state index in [1.165, 1.54) is 0 Å². The van der Waals surface area contributed by atoms with Crippen molar-refractivity contribution < 1.29 is 19.1 Å². The Morgan fingerprint density at radius 2 is 1.39 bits per heavy atom. The van der Waals surface area contributed by atoms with Crippen LogP contribution < -0.4 is 20.1 Å². The van der Waals surface area contributed by atoms with Crippen molar-refractivity contribution in [3.63, 3.8) is 0 Å². The lowest BCUT2D eigenvalue weighted by Gasteiger charge is -2.17. The minimum Gasteiger partial charge on any atom is -0.494 e. The van der Waals surface area contributed by atoms with Gasteiger partial charge in [-0.3, -0.25) is 9.59 Å². The number of rotatable bonds is 8. The average molecular weight is 384 g/mol. The maximum Gasteiger partial charge on any atom is 0.243 e. The van der Waals surface area contributed by atoms with E-state index in [1.54, 1.807) is 24.3 Å². The molecule has 0 bridgehead atoms. The van der Waals surface area contributed by atoms with Gasteiger partial charge in [0.1, 0.15) is 17.2 Å². The molecule has 0 saturated heterocycles. The van der Waals surface area contributed by atoms with Crippen molar-refractivity contribution >= 4 is 17.5 Å². The van der Waals surface area contributed by atoms with Crippen LogP contribution in [0.3, 0.4) is 0 Å². The average Bonchev–Trinajstić information content (AvgIpc) is 2.62. The van der Waals surface area contributed by atoms with E-state index in [1.807, 2.05) is 52.0 Å². The molecule has 0 aromatic heterocycles. The number of ether oxygens (including phenoxy) is 2. The highest BCUT2D eigenvalue weighted by atomic mass is 16.5. The maximum atomic E-state index is 12.0. The number of benzene rings is 2. The van der Waals surface area contributed by atoms with Gasteiger partial charge in [0.15, 0.2) is 0 Å². The number of nitrogens with one attached hydrogen (secondary N) is 2. The molecule has 0 aliphatic carbocycles. The normalized spacial score (nSPS) is 10.9. The quantitative estimate of drug-likeness (QED) is 0.709. The van der Waals surface area contributed by atoms with E-state index in [0.717, 1.165) is 5.75 Å². The molecule has 0 fully saturated rings. The third kappa shape index (κ3) is 7.70. The number of anilines is 1. The van der Waals surface area contributed by atoms with Crippen LogP contribution in [0.1, 0.15) is 34.1 Å². The lowest BCUT2D eigenvalue weighted by atomic mass is 9.92. The Kier molecular flexibility index (Phi) is 7.44. The van der Waals surface area contributed by atoms with Crippen LogP contribution in [0.25, 0.3) is 0 Å². The molecule has 0 heterocycles. The molecule has 2 aromatic rings. The van der Waals surface area contributed by atoms with Gasteiger partial charge >= 0.3 is 0 Å². The van der Waals surface area contributed by atoms with E-state index in [0.29, 0.717) is 30.2 Å². The Balaban J connectivity index is 1.81.